The lowest BCUT2D eigenvalue weighted by Gasteiger charge is -2.15. The molecule has 0 aliphatic carbocycles. The molecule has 120 valence electrons. The molecule has 0 radical (unpaired) electrons. The fraction of sp³-hybridized carbons (Fsp3) is 0.375. The molecule has 0 heterocycles. The van der Waals surface area contributed by atoms with Gasteiger partial charge in [-0.25, -0.2) is 4.79 Å². The summed E-state index contributed by atoms with van der Waals surface area (Å²) in [7, 11) is 0. The van der Waals surface area contributed by atoms with E-state index in [2.05, 4.69) is 11.9 Å². The molecule has 1 aromatic carbocycles. The molecule has 0 fully saturated rings. The number of nitrogens with one attached hydrogen (secondary N) is 1. The van der Waals surface area contributed by atoms with Crippen LogP contribution in [-0.4, -0.2) is 31.1 Å². The third kappa shape index (κ3) is 5.41. The minimum absolute atomic E-state index is 0.275. The van der Waals surface area contributed by atoms with Crippen molar-refractivity contribution in [3.8, 4) is 5.75 Å². The molecule has 1 N–H and O–H groups in total. The van der Waals surface area contributed by atoms with E-state index in [1.165, 1.54) is 6.92 Å². The maximum Gasteiger partial charge on any atom is 0.344 e. The van der Waals surface area contributed by atoms with E-state index in [0.29, 0.717) is 17.3 Å². The molecular weight excluding hydrogens is 306 g/mol. The van der Waals surface area contributed by atoms with Crippen LogP contribution in [0.4, 0.5) is 0 Å². The van der Waals surface area contributed by atoms with Gasteiger partial charge in [-0.15, -0.1) is 6.58 Å². The summed E-state index contributed by atoms with van der Waals surface area (Å²) in [6.07, 6.45) is 0.658. The average molecular weight is 326 g/mol. The summed E-state index contributed by atoms with van der Waals surface area (Å²) in [5, 5.41) is 3.15. The van der Waals surface area contributed by atoms with Crippen LogP contribution in [0.15, 0.2) is 24.8 Å². The maximum absolute atomic E-state index is 11.7. The standard InChI is InChI=1S/C16H20ClNO4/c1-5-6-18-16(20)12(4)22-14(19)9-21-15-10(2)7-13(17)8-11(15)3/h5,7-8,12H,1,6,9H2,2-4H3,(H,18,20)/t12-/m1/s1. The van der Waals surface area contributed by atoms with Crippen LogP contribution < -0.4 is 10.1 Å². The van der Waals surface area contributed by atoms with Crippen LogP contribution in [-0.2, 0) is 14.3 Å². The molecule has 0 spiro atoms. The Bertz CT molecular complexity index is 548. The Hall–Kier alpha value is -2.01. The van der Waals surface area contributed by atoms with Crippen molar-refractivity contribution in [1.29, 1.82) is 0 Å². The van der Waals surface area contributed by atoms with Crippen molar-refractivity contribution in [3.05, 3.63) is 40.9 Å². The zero-order chi connectivity index (χ0) is 16.7. The van der Waals surface area contributed by atoms with Gasteiger partial charge in [0.2, 0.25) is 0 Å². The molecule has 1 rings (SSSR count). The fourth-order valence-electron chi connectivity index (χ4n) is 1.86. The number of benzene rings is 1. The van der Waals surface area contributed by atoms with Gasteiger partial charge in [-0.1, -0.05) is 17.7 Å². The molecule has 0 saturated carbocycles. The quantitative estimate of drug-likeness (QED) is 0.618. The zero-order valence-electron chi connectivity index (χ0n) is 12.9. The Morgan fingerprint density at radius 2 is 1.95 bits per heavy atom. The molecule has 0 unspecified atom stereocenters. The summed E-state index contributed by atoms with van der Waals surface area (Å²) in [5.74, 6) is -0.410. The Balaban J connectivity index is 2.53. The van der Waals surface area contributed by atoms with E-state index < -0.39 is 12.1 Å². The van der Waals surface area contributed by atoms with E-state index in [9.17, 15) is 9.59 Å². The van der Waals surface area contributed by atoms with Crippen LogP contribution in [0.2, 0.25) is 5.02 Å². The van der Waals surface area contributed by atoms with Gasteiger partial charge >= 0.3 is 5.97 Å². The molecular formula is C16H20ClNO4. The first kappa shape index (κ1) is 18.0. The third-order valence-electron chi connectivity index (χ3n) is 2.86. The highest BCUT2D eigenvalue weighted by molar-refractivity contribution is 6.30. The number of hydrogen-bond acceptors (Lipinski definition) is 4. The van der Waals surface area contributed by atoms with Crippen LogP contribution in [0.5, 0.6) is 5.75 Å². The molecule has 1 atom stereocenters. The Labute approximate surface area is 135 Å². The lowest BCUT2D eigenvalue weighted by molar-refractivity contribution is -0.156. The van der Waals surface area contributed by atoms with Crippen molar-refractivity contribution in [1.82, 2.24) is 5.32 Å². The van der Waals surface area contributed by atoms with Crippen LogP contribution in [0, 0.1) is 13.8 Å². The predicted octanol–water partition coefficient (Wildman–Crippen LogP) is 2.57. The van der Waals surface area contributed by atoms with Gasteiger partial charge in [0.25, 0.3) is 5.91 Å². The van der Waals surface area contributed by atoms with E-state index in [0.717, 1.165) is 11.1 Å². The van der Waals surface area contributed by atoms with E-state index in [1.807, 2.05) is 13.8 Å². The van der Waals surface area contributed by atoms with E-state index >= 15 is 0 Å². The molecule has 0 saturated heterocycles. The highest BCUT2D eigenvalue weighted by Crippen LogP contribution is 2.26. The minimum Gasteiger partial charge on any atom is -0.481 e. The van der Waals surface area contributed by atoms with Gasteiger partial charge in [0.05, 0.1) is 0 Å². The molecule has 22 heavy (non-hydrogen) atoms. The van der Waals surface area contributed by atoms with Gasteiger partial charge in [-0.05, 0) is 44.0 Å². The van der Waals surface area contributed by atoms with Crippen molar-refractivity contribution >= 4 is 23.5 Å². The summed E-state index contributed by atoms with van der Waals surface area (Å²) in [4.78, 5) is 23.3. The van der Waals surface area contributed by atoms with Crippen molar-refractivity contribution in [2.75, 3.05) is 13.2 Å². The normalized spacial score (nSPS) is 11.5. The second-order valence-electron chi connectivity index (χ2n) is 4.82. The first-order valence-electron chi connectivity index (χ1n) is 6.82. The molecule has 0 aliphatic rings. The van der Waals surface area contributed by atoms with Crippen LogP contribution in [0.1, 0.15) is 18.1 Å². The first-order chi connectivity index (χ1) is 10.3. The Morgan fingerprint density at radius 1 is 1.36 bits per heavy atom. The third-order valence-corrected chi connectivity index (χ3v) is 3.08. The number of hydrogen-bond donors (Lipinski definition) is 1. The van der Waals surface area contributed by atoms with E-state index in [4.69, 9.17) is 21.1 Å². The highest BCUT2D eigenvalue weighted by Gasteiger charge is 2.18. The second kappa shape index (κ2) is 8.44. The van der Waals surface area contributed by atoms with Gasteiger partial charge in [0, 0.05) is 11.6 Å². The van der Waals surface area contributed by atoms with Gasteiger partial charge < -0.3 is 14.8 Å². The lowest BCUT2D eigenvalue weighted by Crippen LogP contribution is -2.36. The number of amides is 1. The number of ether oxygens (including phenoxy) is 2. The average Bonchev–Trinajstić information content (AvgIpc) is 2.43. The Kier molecular flexibility index (Phi) is 6.92. The van der Waals surface area contributed by atoms with Crippen molar-refractivity contribution < 1.29 is 19.1 Å². The molecule has 5 nitrogen and oxygen atoms in total. The predicted molar refractivity (Wildman–Crippen MR) is 85.2 cm³/mol. The topological polar surface area (TPSA) is 64.6 Å². The van der Waals surface area contributed by atoms with Crippen molar-refractivity contribution in [2.45, 2.75) is 26.9 Å². The molecule has 0 bridgehead atoms. The summed E-state index contributed by atoms with van der Waals surface area (Å²) in [6.45, 7) is 8.70. The molecule has 6 heteroatoms. The minimum atomic E-state index is -0.886. The fourth-order valence-corrected chi connectivity index (χ4v) is 2.18. The summed E-state index contributed by atoms with van der Waals surface area (Å²) in [5.41, 5.74) is 1.66. The molecule has 1 aromatic rings. The number of carbonyl (C=O) groups excluding carboxylic acids is 2. The van der Waals surface area contributed by atoms with E-state index in [1.54, 1.807) is 18.2 Å². The van der Waals surface area contributed by atoms with Gasteiger partial charge in [-0.3, -0.25) is 4.79 Å². The summed E-state index contributed by atoms with van der Waals surface area (Å²) >= 11 is 5.93. The molecule has 1 amide bonds. The first-order valence-corrected chi connectivity index (χ1v) is 7.20. The molecule has 0 aromatic heterocycles. The van der Waals surface area contributed by atoms with Crippen molar-refractivity contribution in [2.24, 2.45) is 0 Å². The largest absolute Gasteiger partial charge is 0.481 e. The Morgan fingerprint density at radius 3 is 2.50 bits per heavy atom. The lowest BCUT2D eigenvalue weighted by atomic mass is 10.1. The van der Waals surface area contributed by atoms with Crippen molar-refractivity contribution in [3.63, 3.8) is 0 Å². The van der Waals surface area contributed by atoms with Gasteiger partial charge in [-0.2, -0.15) is 0 Å². The number of aryl methyl sites for hydroxylation is 2. The smallest absolute Gasteiger partial charge is 0.344 e. The summed E-state index contributed by atoms with van der Waals surface area (Å²) < 4.78 is 10.5. The second-order valence-corrected chi connectivity index (χ2v) is 5.26. The number of carbonyl (C=O) groups is 2. The van der Waals surface area contributed by atoms with E-state index in [-0.39, 0.29) is 12.5 Å². The van der Waals surface area contributed by atoms with Gasteiger partial charge in [0.1, 0.15) is 5.75 Å². The number of rotatable bonds is 7. The van der Waals surface area contributed by atoms with Crippen LogP contribution in [0.25, 0.3) is 0 Å². The molecule has 0 aliphatic heterocycles. The van der Waals surface area contributed by atoms with Gasteiger partial charge in [0.15, 0.2) is 12.7 Å². The SMILES string of the molecule is C=CCNC(=O)[C@@H](C)OC(=O)COc1c(C)cc(Cl)cc1C. The monoisotopic (exact) mass is 325 g/mol. The number of esters is 1. The summed E-state index contributed by atoms with van der Waals surface area (Å²) in [6, 6.07) is 3.50. The zero-order valence-corrected chi connectivity index (χ0v) is 13.7. The van der Waals surface area contributed by atoms with Crippen LogP contribution in [0.3, 0.4) is 0 Å². The maximum atomic E-state index is 11.7. The highest BCUT2D eigenvalue weighted by atomic mass is 35.5. The van der Waals surface area contributed by atoms with Crippen LogP contribution >= 0.6 is 11.6 Å². The number of halogens is 1.